The summed E-state index contributed by atoms with van der Waals surface area (Å²) >= 11 is 0. The highest BCUT2D eigenvalue weighted by Gasteiger charge is 2.06. The van der Waals surface area contributed by atoms with Gasteiger partial charge in [0.15, 0.2) is 0 Å². The Morgan fingerprint density at radius 3 is 1.53 bits per heavy atom. The molecule has 0 atom stereocenters. The maximum absolute atomic E-state index is 11.0. The fraction of sp³-hybridized carbons (Fsp3) is 0.310. The molecule has 0 radical (unpaired) electrons. The maximum Gasteiger partial charge on any atom is 0.333 e. The molecule has 0 aliphatic rings. The number of amides is 1. The van der Waals surface area contributed by atoms with Gasteiger partial charge in [-0.05, 0) is 32.8 Å². The number of esters is 3. The molecule has 1 amide bonds. The number of allylic oxidation sites excluding steroid dienone is 1. The summed E-state index contributed by atoms with van der Waals surface area (Å²) in [5.74, 6) is -1.25. The van der Waals surface area contributed by atoms with Crippen molar-refractivity contribution in [3.8, 4) is 0 Å². The number of hydrogen-bond donors (Lipinski definition) is 2. The summed E-state index contributed by atoms with van der Waals surface area (Å²) in [6.07, 6.45) is 8.96. The summed E-state index contributed by atoms with van der Waals surface area (Å²) in [7, 11) is 0. The molecule has 0 saturated heterocycles. The molecule has 0 spiro atoms. The molecule has 0 aliphatic carbocycles. The summed E-state index contributed by atoms with van der Waals surface area (Å²) in [4.78, 5) is 42.4. The number of carbonyl (C=O) groups is 4. The van der Waals surface area contributed by atoms with E-state index in [0.717, 1.165) is 6.42 Å². The van der Waals surface area contributed by atoms with Crippen molar-refractivity contribution in [3.63, 3.8) is 0 Å². The van der Waals surface area contributed by atoms with Gasteiger partial charge in [-0.3, -0.25) is 4.79 Å². The molecule has 0 fully saturated rings. The van der Waals surface area contributed by atoms with Crippen LogP contribution in [-0.4, -0.2) is 56.7 Å². The first-order valence-electron chi connectivity index (χ1n) is 11.4. The van der Waals surface area contributed by atoms with E-state index < -0.39 is 0 Å². The first kappa shape index (κ1) is 40.9. The van der Waals surface area contributed by atoms with Crippen LogP contribution in [-0.2, 0) is 33.4 Å². The molecule has 212 valence electrons. The van der Waals surface area contributed by atoms with E-state index in [1.165, 1.54) is 18.2 Å². The van der Waals surface area contributed by atoms with Crippen LogP contribution in [0.1, 0.15) is 26.7 Å². The smallest absolute Gasteiger partial charge is 0.333 e. The van der Waals surface area contributed by atoms with Crippen molar-refractivity contribution >= 4 is 23.8 Å². The predicted octanol–water partition coefficient (Wildman–Crippen LogP) is 4.07. The first-order chi connectivity index (χ1) is 17.9. The van der Waals surface area contributed by atoms with Gasteiger partial charge in [-0.15, -0.1) is 13.2 Å². The Bertz CT molecular complexity index is 793. The zero-order valence-electron chi connectivity index (χ0n) is 22.9. The van der Waals surface area contributed by atoms with E-state index in [4.69, 9.17) is 10.5 Å². The molecule has 0 aromatic carbocycles. The number of nitrogens with two attached hydrogens (primary N) is 1. The van der Waals surface area contributed by atoms with Crippen LogP contribution in [0.3, 0.4) is 0 Å². The van der Waals surface area contributed by atoms with E-state index in [1.54, 1.807) is 26.0 Å². The Balaban J connectivity index is -0.000000205. The van der Waals surface area contributed by atoms with E-state index >= 15 is 0 Å². The summed E-state index contributed by atoms with van der Waals surface area (Å²) in [5, 5.41) is 2.51. The van der Waals surface area contributed by atoms with Gasteiger partial charge in [0, 0.05) is 29.8 Å². The molecule has 9 heteroatoms. The minimum Gasteiger partial charge on any atom is -0.461 e. The summed E-state index contributed by atoms with van der Waals surface area (Å²) in [5.41, 5.74) is 6.46. The average molecular weight is 533 g/mol. The second kappa shape index (κ2) is 30.8. The minimum atomic E-state index is -0.366. The standard InChI is InChI=1S/C9H15NO2.2C7H10O2.C6H9NO/c1-3-4-5-8(2)9(11)12-7-6-10;2*1-4-5-9-7(8)6(2)3;1-3-5-7-6(8)4-2/h3H,1-2,4-7,10H2;2*4H,1-2,5H2,3H3;3-4H,1-2,5H2,(H,7,8). The van der Waals surface area contributed by atoms with Crippen LogP contribution in [0.4, 0.5) is 0 Å². The highest BCUT2D eigenvalue weighted by atomic mass is 16.5. The van der Waals surface area contributed by atoms with E-state index in [-0.39, 0.29) is 43.6 Å². The Kier molecular flexibility index (Phi) is 33.1. The molecule has 0 heterocycles. The van der Waals surface area contributed by atoms with Gasteiger partial charge in [0.05, 0.1) is 0 Å². The van der Waals surface area contributed by atoms with E-state index in [0.29, 0.717) is 36.2 Å². The average Bonchev–Trinajstić information content (AvgIpc) is 2.91. The van der Waals surface area contributed by atoms with Gasteiger partial charge >= 0.3 is 17.9 Å². The monoisotopic (exact) mass is 532 g/mol. The molecule has 0 aliphatic heterocycles. The van der Waals surface area contributed by atoms with Crippen LogP contribution in [0.2, 0.25) is 0 Å². The van der Waals surface area contributed by atoms with Crippen LogP contribution in [0, 0.1) is 0 Å². The summed E-state index contributed by atoms with van der Waals surface area (Å²) < 4.78 is 13.9. The number of rotatable bonds is 15. The van der Waals surface area contributed by atoms with Crippen molar-refractivity contribution in [3.05, 3.63) is 99.7 Å². The largest absolute Gasteiger partial charge is 0.461 e. The molecule has 0 aromatic rings. The Labute approximate surface area is 227 Å². The molecule has 0 bridgehead atoms. The third-order valence-corrected chi connectivity index (χ3v) is 3.26. The van der Waals surface area contributed by atoms with Gasteiger partial charge in [0.2, 0.25) is 5.91 Å². The second-order valence-corrected chi connectivity index (χ2v) is 6.93. The van der Waals surface area contributed by atoms with Gasteiger partial charge in [-0.2, -0.15) is 0 Å². The lowest BCUT2D eigenvalue weighted by atomic mass is 10.2. The highest BCUT2D eigenvalue weighted by molar-refractivity contribution is 5.88. The van der Waals surface area contributed by atoms with Crippen LogP contribution in [0.25, 0.3) is 0 Å². The molecular formula is C29H44N2O7. The number of hydrogen-bond acceptors (Lipinski definition) is 8. The van der Waals surface area contributed by atoms with Crippen molar-refractivity contribution in [2.45, 2.75) is 26.7 Å². The Morgan fingerprint density at radius 1 is 0.737 bits per heavy atom. The van der Waals surface area contributed by atoms with Crippen molar-refractivity contribution in [2.24, 2.45) is 5.73 Å². The lowest BCUT2D eigenvalue weighted by Gasteiger charge is -2.03. The quantitative estimate of drug-likeness (QED) is 0.140. The molecule has 3 N–H and O–H groups in total. The Morgan fingerprint density at radius 2 is 1.21 bits per heavy atom. The van der Waals surface area contributed by atoms with Crippen LogP contribution in [0.15, 0.2) is 99.7 Å². The van der Waals surface area contributed by atoms with Crippen LogP contribution >= 0.6 is 0 Å². The Hall–Kier alpha value is -4.24. The van der Waals surface area contributed by atoms with Crippen molar-refractivity contribution in [2.75, 3.05) is 32.9 Å². The third-order valence-electron chi connectivity index (χ3n) is 3.26. The lowest BCUT2D eigenvalue weighted by molar-refractivity contribution is -0.139. The topological polar surface area (TPSA) is 134 Å². The summed E-state index contributed by atoms with van der Waals surface area (Å²) in [6, 6.07) is 0. The van der Waals surface area contributed by atoms with Crippen molar-refractivity contribution in [1.82, 2.24) is 5.32 Å². The SMILES string of the molecule is C=CCCC(=C)C(=O)OCCN.C=CCNC(=O)C=C.C=CCOC(=O)C(=C)C.C=CCOC(=O)C(=C)C. The molecule has 0 rings (SSSR count). The van der Waals surface area contributed by atoms with Gasteiger partial charge in [-0.1, -0.05) is 63.8 Å². The zero-order chi connectivity index (χ0) is 30.4. The maximum atomic E-state index is 11.0. The molecule has 0 unspecified atom stereocenters. The normalized spacial score (nSPS) is 8.29. The molecule has 9 nitrogen and oxygen atoms in total. The minimum absolute atomic E-state index is 0.162. The molecular weight excluding hydrogens is 488 g/mol. The summed E-state index contributed by atoms with van der Waals surface area (Å²) in [6.45, 7) is 32.2. The number of nitrogens with one attached hydrogen (secondary N) is 1. The lowest BCUT2D eigenvalue weighted by Crippen LogP contribution is -2.19. The first-order valence-corrected chi connectivity index (χ1v) is 11.4. The predicted molar refractivity (Wildman–Crippen MR) is 154 cm³/mol. The highest BCUT2D eigenvalue weighted by Crippen LogP contribution is 2.04. The second-order valence-electron chi connectivity index (χ2n) is 6.93. The van der Waals surface area contributed by atoms with Crippen LogP contribution < -0.4 is 11.1 Å². The molecule has 0 aromatic heterocycles. The van der Waals surface area contributed by atoms with Crippen molar-refractivity contribution in [1.29, 1.82) is 0 Å². The van der Waals surface area contributed by atoms with Crippen molar-refractivity contribution < 1.29 is 33.4 Å². The fourth-order valence-electron chi connectivity index (χ4n) is 1.39. The van der Waals surface area contributed by atoms with E-state index in [9.17, 15) is 19.2 Å². The van der Waals surface area contributed by atoms with Crippen LogP contribution in [0.5, 0.6) is 0 Å². The van der Waals surface area contributed by atoms with Gasteiger partial charge in [0.25, 0.3) is 0 Å². The van der Waals surface area contributed by atoms with E-state index in [1.807, 2.05) is 0 Å². The van der Waals surface area contributed by atoms with Gasteiger partial charge in [-0.25, -0.2) is 14.4 Å². The third kappa shape index (κ3) is 33.9. The molecule has 0 saturated carbocycles. The van der Waals surface area contributed by atoms with E-state index in [2.05, 4.69) is 67.4 Å². The molecule has 38 heavy (non-hydrogen) atoms. The number of carbonyl (C=O) groups excluding carboxylic acids is 4. The van der Waals surface area contributed by atoms with Gasteiger partial charge < -0.3 is 25.3 Å². The van der Waals surface area contributed by atoms with Gasteiger partial charge in [0.1, 0.15) is 19.8 Å². The number of ether oxygens (including phenoxy) is 3. The fourth-order valence-corrected chi connectivity index (χ4v) is 1.39. The zero-order valence-corrected chi connectivity index (χ0v) is 22.9.